The molecule has 2 aromatic rings. The Morgan fingerprint density at radius 1 is 1.30 bits per heavy atom. The molecule has 4 rings (SSSR count). The van der Waals surface area contributed by atoms with Crippen molar-refractivity contribution in [2.24, 2.45) is 5.92 Å². The molecule has 2 aliphatic rings. The van der Waals surface area contributed by atoms with Gasteiger partial charge >= 0.3 is 0 Å². The van der Waals surface area contributed by atoms with Gasteiger partial charge in [0.05, 0.1) is 0 Å². The van der Waals surface area contributed by atoms with E-state index in [4.69, 9.17) is 0 Å². The highest BCUT2D eigenvalue weighted by atomic mass is 16.2. The van der Waals surface area contributed by atoms with Gasteiger partial charge in [0.25, 0.3) is 5.91 Å². The van der Waals surface area contributed by atoms with E-state index in [-0.39, 0.29) is 5.91 Å². The van der Waals surface area contributed by atoms with Gasteiger partial charge in [0, 0.05) is 47.8 Å². The molecule has 4 heteroatoms. The molecule has 1 aromatic heterocycles. The molecule has 3 heterocycles. The minimum absolute atomic E-state index is 0.178. The Hall–Kier alpha value is -1.81. The topological polar surface area (TPSA) is 48.1 Å². The van der Waals surface area contributed by atoms with E-state index < -0.39 is 0 Å². The van der Waals surface area contributed by atoms with Gasteiger partial charge in [0.15, 0.2) is 0 Å². The summed E-state index contributed by atoms with van der Waals surface area (Å²) in [7, 11) is 0. The SMILES string of the molecule is CC1CC2CNCC2N1C(=O)c1ccc2[nH]ccc2c1. The maximum atomic E-state index is 12.9. The van der Waals surface area contributed by atoms with E-state index in [1.54, 1.807) is 0 Å². The van der Waals surface area contributed by atoms with Gasteiger partial charge in [-0.1, -0.05) is 0 Å². The standard InChI is InChI=1S/C16H19N3O/c1-10-6-13-8-17-9-15(13)19(10)16(20)12-2-3-14-11(7-12)4-5-18-14/h2-5,7,10,13,15,17-18H,6,8-9H2,1H3. The number of rotatable bonds is 1. The smallest absolute Gasteiger partial charge is 0.254 e. The summed E-state index contributed by atoms with van der Waals surface area (Å²) in [5.74, 6) is 0.807. The highest BCUT2D eigenvalue weighted by Crippen LogP contribution is 2.33. The molecule has 104 valence electrons. The predicted molar refractivity (Wildman–Crippen MR) is 78.7 cm³/mol. The minimum atomic E-state index is 0.178. The Morgan fingerprint density at radius 2 is 2.20 bits per heavy atom. The molecular weight excluding hydrogens is 250 g/mol. The van der Waals surface area contributed by atoms with E-state index in [0.29, 0.717) is 18.0 Å². The summed E-state index contributed by atoms with van der Waals surface area (Å²) in [6.45, 7) is 4.16. The molecule has 3 atom stereocenters. The van der Waals surface area contributed by atoms with E-state index in [0.717, 1.165) is 36.0 Å². The number of carbonyl (C=O) groups excluding carboxylic acids is 1. The van der Waals surface area contributed by atoms with Crippen LogP contribution in [-0.4, -0.2) is 41.0 Å². The van der Waals surface area contributed by atoms with Crippen molar-refractivity contribution in [2.75, 3.05) is 13.1 Å². The van der Waals surface area contributed by atoms with Crippen molar-refractivity contribution in [3.05, 3.63) is 36.0 Å². The van der Waals surface area contributed by atoms with Crippen LogP contribution in [0.15, 0.2) is 30.5 Å². The first kappa shape index (κ1) is 12.0. The van der Waals surface area contributed by atoms with Crippen molar-refractivity contribution in [3.63, 3.8) is 0 Å². The molecule has 1 aromatic carbocycles. The number of nitrogens with zero attached hydrogens (tertiary/aromatic N) is 1. The van der Waals surface area contributed by atoms with E-state index in [9.17, 15) is 4.79 Å². The van der Waals surface area contributed by atoms with Crippen LogP contribution in [0, 0.1) is 5.92 Å². The molecule has 0 spiro atoms. The third-order valence-electron chi connectivity index (χ3n) is 4.81. The predicted octanol–water partition coefficient (Wildman–Crippen LogP) is 1.99. The lowest BCUT2D eigenvalue weighted by Crippen LogP contribution is -2.42. The van der Waals surface area contributed by atoms with Gasteiger partial charge in [-0.15, -0.1) is 0 Å². The first-order valence-electron chi connectivity index (χ1n) is 7.34. The number of benzene rings is 1. The molecule has 20 heavy (non-hydrogen) atoms. The third kappa shape index (κ3) is 1.68. The summed E-state index contributed by atoms with van der Waals surface area (Å²) in [5, 5.41) is 4.51. The second-order valence-electron chi connectivity index (χ2n) is 6.06. The number of hydrogen-bond donors (Lipinski definition) is 2. The zero-order valence-corrected chi connectivity index (χ0v) is 11.6. The van der Waals surface area contributed by atoms with Crippen molar-refractivity contribution in [2.45, 2.75) is 25.4 Å². The molecule has 2 fully saturated rings. The Bertz CT molecular complexity index is 663. The summed E-state index contributed by atoms with van der Waals surface area (Å²) < 4.78 is 0. The van der Waals surface area contributed by atoms with Gasteiger partial charge in [0.2, 0.25) is 0 Å². The normalized spacial score (nSPS) is 29.1. The number of fused-ring (bicyclic) bond motifs is 2. The lowest BCUT2D eigenvalue weighted by atomic mass is 10.0. The Labute approximate surface area is 118 Å². The van der Waals surface area contributed by atoms with Crippen LogP contribution in [0.5, 0.6) is 0 Å². The van der Waals surface area contributed by atoms with Gasteiger partial charge < -0.3 is 15.2 Å². The lowest BCUT2D eigenvalue weighted by Gasteiger charge is -2.27. The minimum Gasteiger partial charge on any atom is -0.361 e. The molecule has 2 aliphatic heterocycles. The van der Waals surface area contributed by atoms with Crippen molar-refractivity contribution in [1.29, 1.82) is 0 Å². The lowest BCUT2D eigenvalue weighted by molar-refractivity contribution is 0.0682. The van der Waals surface area contributed by atoms with Crippen LogP contribution < -0.4 is 5.32 Å². The Morgan fingerprint density at radius 3 is 3.10 bits per heavy atom. The van der Waals surface area contributed by atoms with Crippen molar-refractivity contribution in [1.82, 2.24) is 15.2 Å². The maximum absolute atomic E-state index is 12.9. The summed E-state index contributed by atoms with van der Waals surface area (Å²) in [4.78, 5) is 18.1. The summed E-state index contributed by atoms with van der Waals surface area (Å²) >= 11 is 0. The maximum Gasteiger partial charge on any atom is 0.254 e. The number of likely N-dealkylation sites (tertiary alicyclic amines) is 1. The first-order chi connectivity index (χ1) is 9.74. The fourth-order valence-corrected chi connectivity index (χ4v) is 3.85. The highest BCUT2D eigenvalue weighted by Gasteiger charge is 2.44. The molecule has 2 N–H and O–H groups in total. The number of H-pyrrole nitrogens is 1. The molecule has 0 radical (unpaired) electrons. The van der Waals surface area contributed by atoms with Crippen LogP contribution in [0.2, 0.25) is 0 Å². The molecule has 1 amide bonds. The molecule has 0 saturated carbocycles. The summed E-state index contributed by atoms with van der Waals surface area (Å²) in [5.41, 5.74) is 1.88. The number of aromatic amines is 1. The van der Waals surface area contributed by atoms with Crippen LogP contribution in [0.4, 0.5) is 0 Å². The average molecular weight is 269 g/mol. The second kappa shape index (κ2) is 4.35. The Kier molecular flexibility index (Phi) is 2.60. The van der Waals surface area contributed by atoms with Crippen LogP contribution in [0.3, 0.4) is 0 Å². The molecule has 0 bridgehead atoms. The average Bonchev–Trinajstić information content (AvgIpc) is 3.11. The van der Waals surface area contributed by atoms with E-state index >= 15 is 0 Å². The van der Waals surface area contributed by atoms with E-state index in [1.165, 1.54) is 0 Å². The fraction of sp³-hybridized carbons (Fsp3) is 0.438. The molecule has 0 aliphatic carbocycles. The number of carbonyl (C=O) groups is 1. The molecule has 2 saturated heterocycles. The molecule has 3 unspecified atom stereocenters. The quantitative estimate of drug-likeness (QED) is 0.831. The van der Waals surface area contributed by atoms with Gasteiger partial charge in [0.1, 0.15) is 0 Å². The largest absolute Gasteiger partial charge is 0.361 e. The fourth-order valence-electron chi connectivity index (χ4n) is 3.85. The monoisotopic (exact) mass is 269 g/mol. The second-order valence-corrected chi connectivity index (χ2v) is 6.06. The van der Waals surface area contributed by atoms with E-state index in [1.807, 2.05) is 30.5 Å². The first-order valence-corrected chi connectivity index (χ1v) is 7.34. The number of hydrogen-bond acceptors (Lipinski definition) is 2. The van der Waals surface area contributed by atoms with Crippen LogP contribution in [0.1, 0.15) is 23.7 Å². The number of amides is 1. The van der Waals surface area contributed by atoms with Gasteiger partial charge in [-0.3, -0.25) is 4.79 Å². The van der Waals surface area contributed by atoms with Gasteiger partial charge in [-0.2, -0.15) is 0 Å². The van der Waals surface area contributed by atoms with Crippen molar-refractivity contribution < 1.29 is 4.79 Å². The zero-order valence-electron chi connectivity index (χ0n) is 11.6. The van der Waals surface area contributed by atoms with Crippen LogP contribution >= 0.6 is 0 Å². The number of nitrogens with one attached hydrogen (secondary N) is 2. The van der Waals surface area contributed by atoms with Crippen molar-refractivity contribution >= 4 is 16.8 Å². The van der Waals surface area contributed by atoms with Crippen LogP contribution in [-0.2, 0) is 0 Å². The van der Waals surface area contributed by atoms with Crippen LogP contribution in [0.25, 0.3) is 10.9 Å². The molecular formula is C16H19N3O. The van der Waals surface area contributed by atoms with Gasteiger partial charge in [-0.25, -0.2) is 0 Å². The number of aromatic nitrogens is 1. The zero-order chi connectivity index (χ0) is 13.7. The third-order valence-corrected chi connectivity index (χ3v) is 4.81. The Balaban J connectivity index is 1.68. The van der Waals surface area contributed by atoms with E-state index in [2.05, 4.69) is 22.1 Å². The van der Waals surface area contributed by atoms with Crippen molar-refractivity contribution in [3.8, 4) is 0 Å². The highest BCUT2D eigenvalue weighted by molar-refractivity contribution is 5.98. The summed E-state index contributed by atoms with van der Waals surface area (Å²) in [6.07, 6.45) is 3.03. The van der Waals surface area contributed by atoms with Gasteiger partial charge in [-0.05, 0) is 43.5 Å². The summed E-state index contributed by atoms with van der Waals surface area (Å²) in [6, 6.07) is 8.66. The molecule has 4 nitrogen and oxygen atoms in total.